The second-order valence-corrected chi connectivity index (χ2v) is 4.04. The summed E-state index contributed by atoms with van der Waals surface area (Å²) >= 11 is 0. The lowest BCUT2D eigenvalue weighted by molar-refractivity contribution is 0.0972. The van der Waals surface area contributed by atoms with Gasteiger partial charge in [-0.2, -0.15) is 0 Å². The van der Waals surface area contributed by atoms with Crippen LogP contribution in [0.2, 0.25) is 0 Å². The van der Waals surface area contributed by atoms with E-state index in [9.17, 15) is 4.79 Å². The topological polar surface area (TPSA) is 59.5 Å². The predicted octanol–water partition coefficient (Wildman–Crippen LogP) is 1.28. The zero-order valence-electron chi connectivity index (χ0n) is 8.95. The third kappa shape index (κ3) is 2.21. The maximum absolute atomic E-state index is 10.9. The van der Waals surface area contributed by atoms with Gasteiger partial charge in [-0.3, -0.25) is 9.69 Å². The van der Waals surface area contributed by atoms with Gasteiger partial charge in [0.1, 0.15) is 5.76 Å². The van der Waals surface area contributed by atoms with E-state index in [2.05, 4.69) is 4.90 Å². The molecule has 2 heterocycles. The summed E-state index contributed by atoms with van der Waals surface area (Å²) in [5, 5.41) is 0. The van der Waals surface area contributed by atoms with Gasteiger partial charge in [-0.05, 0) is 38.9 Å². The van der Waals surface area contributed by atoms with Crippen molar-refractivity contribution < 1.29 is 9.21 Å². The first-order chi connectivity index (χ1) is 7.16. The van der Waals surface area contributed by atoms with Crippen LogP contribution >= 0.6 is 0 Å². The lowest BCUT2D eigenvalue weighted by Crippen LogP contribution is -2.18. The molecule has 1 saturated heterocycles. The van der Waals surface area contributed by atoms with Gasteiger partial charge < -0.3 is 10.2 Å². The minimum atomic E-state index is -0.495. The van der Waals surface area contributed by atoms with Gasteiger partial charge in [0.25, 0.3) is 5.91 Å². The van der Waals surface area contributed by atoms with Crippen LogP contribution < -0.4 is 5.73 Å². The van der Waals surface area contributed by atoms with Crippen LogP contribution in [-0.2, 0) is 6.54 Å². The largest absolute Gasteiger partial charge is 0.456 e. The van der Waals surface area contributed by atoms with Crippen LogP contribution in [-0.4, -0.2) is 23.9 Å². The molecule has 82 valence electrons. The molecule has 15 heavy (non-hydrogen) atoms. The summed E-state index contributed by atoms with van der Waals surface area (Å²) in [4.78, 5) is 13.3. The number of carbonyl (C=O) groups excluding carboxylic acids is 1. The van der Waals surface area contributed by atoms with Crippen molar-refractivity contribution in [1.29, 1.82) is 0 Å². The minimum Gasteiger partial charge on any atom is -0.456 e. The van der Waals surface area contributed by atoms with E-state index in [0.29, 0.717) is 0 Å². The molecule has 1 aromatic rings. The maximum atomic E-state index is 10.9. The van der Waals surface area contributed by atoms with Gasteiger partial charge in [-0.25, -0.2) is 0 Å². The van der Waals surface area contributed by atoms with Gasteiger partial charge >= 0.3 is 0 Å². The molecule has 0 atom stereocenters. The summed E-state index contributed by atoms with van der Waals surface area (Å²) in [6.45, 7) is 5.01. The summed E-state index contributed by atoms with van der Waals surface area (Å²) in [6.07, 6.45) is 2.53. The van der Waals surface area contributed by atoms with Crippen molar-refractivity contribution >= 4 is 5.91 Å². The molecule has 1 amide bonds. The number of hydrogen-bond acceptors (Lipinski definition) is 3. The van der Waals surface area contributed by atoms with E-state index in [-0.39, 0.29) is 5.76 Å². The van der Waals surface area contributed by atoms with Crippen LogP contribution in [0.5, 0.6) is 0 Å². The maximum Gasteiger partial charge on any atom is 0.284 e. The summed E-state index contributed by atoms with van der Waals surface area (Å²) in [6, 6.07) is 1.76. The molecule has 0 bridgehead atoms. The number of likely N-dealkylation sites (tertiary alicyclic amines) is 1. The lowest BCUT2D eigenvalue weighted by Gasteiger charge is -2.12. The Morgan fingerprint density at radius 3 is 2.73 bits per heavy atom. The van der Waals surface area contributed by atoms with Crippen molar-refractivity contribution in [2.24, 2.45) is 5.73 Å². The molecule has 4 heteroatoms. The number of primary amides is 1. The van der Waals surface area contributed by atoms with Gasteiger partial charge in [-0.15, -0.1) is 0 Å². The Labute approximate surface area is 89.0 Å². The molecule has 4 nitrogen and oxygen atoms in total. The van der Waals surface area contributed by atoms with Crippen LogP contribution in [0.1, 0.15) is 34.7 Å². The molecule has 1 aliphatic heterocycles. The lowest BCUT2D eigenvalue weighted by atomic mass is 10.2. The Bertz CT molecular complexity index is 365. The third-order valence-corrected chi connectivity index (χ3v) is 2.86. The second-order valence-electron chi connectivity index (χ2n) is 4.04. The Morgan fingerprint density at radius 2 is 2.20 bits per heavy atom. The summed E-state index contributed by atoms with van der Waals surface area (Å²) < 4.78 is 5.29. The van der Waals surface area contributed by atoms with Gasteiger partial charge in [0.2, 0.25) is 0 Å². The van der Waals surface area contributed by atoms with E-state index in [0.717, 1.165) is 31.0 Å². The highest BCUT2D eigenvalue weighted by molar-refractivity contribution is 5.90. The Balaban J connectivity index is 2.10. The Kier molecular flexibility index (Phi) is 2.77. The highest BCUT2D eigenvalue weighted by Gasteiger charge is 2.16. The van der Waals surface area contributed by atoms with E-state index < -0.39 is 5.91 Å². The van der Waals surface area contributed by atoms with E-state index in [1.165, 1.54) is 12.8 Å². The van der Waals surface area contributed by atoms with Crippen molar-refractivity contribution in [2.45, 2.75) is 26.3 Å². The Morgan fingerprint density at radius 1 is 1.53 bits per heavy atom. The van der Waals surface area contributed by atoms with Gasteiger partial charge in [0.05, 0.1) is 0 Å². The van der Waals surface area contributed by atoms with Gasteiger partial charge in [-0.1, -0.05) is 0 Å². The predicted molar refractivity (Wildman–Crippen MR) is 56.5 cm³/mol. The number of amides is 1. The second kappa shape index (κ2) is 4.06. The smallest absolute Gasteiger partial charge is 0.284 e. The molecule has 0 aromatic carbocycles. The van der Waals surface area contributed by atoms with Crippen LogP contribution in [0.4, 0.5) is 0 Å². The number of hydrogen-bond donors (Lipinski definition) is 1. The zero-order chi connectivity index (χ0) is 10.8. The number of carbonyl (C=O) groups is 1. The number of nitrogens with two attached hydrogens (primary N) is 1. The molecule has 1 fully saturated rings. The molecule has 1 aromatic heterocycles. The molecule has 2 N–H and O–H groups in total. The fourth-order valence-corrected chi connectivity index (χ4v) is 1.98. The molecule has 1 aliphatic rings. The number of nitrogens with zero attached hydrogens (tertiary/aromatic N) is 1. The van der Waals surface area contributed by atoms with E-state index >= 15 is 0 Å². The van der Waals surface area contributed by atoms with E-state index in [1.807, 2.05) is 6.92 Å². The third-order valence-electron chi connectivity index (χ3n) is 2.86. The zero-order valence-corrected chi connectivity index (χ0v) is 8.95. The van der Waals surface area contributed by atoms with E-state index in [4.69, 9.17) is 10.2 Å². The minimum absolute atomic E-state index is 0.265. The molecule has 0 aliphatic carbocycles. The van der Waals surface area contributed by atoms with E-state index in [1.54, 1.807) is 6.07 Å². The molecule has 2 rings (SSSR count). The first-order valence-electron chi connectivity index (χ1n) is 5.28. The van der Waals surface area contributed by atoms with Crippen molar-refractivity contribution in [3.05, 3.63) is 23.2 Å². The molecule has 0 unspecified atom stereocenters. The summed E-state index contributed by atoms with van der Waals surface area (Å²) in [5.41, 5.74) is 6.23. The van der Waals surface area contributed by atoms with Crippen molar-refractivity contribution in [3.8, 4) is 0 Å². The molecular formula is C11H16N2O2. The van der Waals surface area contributed by atoms with Crippen molar-refractivity contribution in [3.63, 3.8) is 0 Å². The molecular weight excluding hydrogens is 192 g/mol. The van der Waals surface area contributed by atoms with Crippen LogP contribution in [0, 0.1) is 6.92 Å². The quantitative estimate of drug-likeness (QED) is 0.814. The molecule has 0 spiro atoms. The normalized spacial score (nSPS) is 17.1. The first kappa shape index (κ1) is 10.2. The summed E-state index contributed by atoms with van der Waals surface area (Å²) in [7, 11) is 0. The van der Waals surface area contributed by atoms with Crippen LogP contribution in [0.3, 0.4) is 0 Å². The highest BCUT2D eigenvalue weighted by atomic mass is 16.3. The standard InChI is InChI=1S/C11H16N2O2/c1-8-9(6-10(15-8)11(12)14)7-13-4-2-3-5-13/h6H,2-5,7H2,1H3,(H2,12,14). The monoisotopic (exact) mass is 208 g/mol. The van der Waals surface area contributed by atoms with Crippen molar-refractivity contribution in [2.75, 3.05) is 13.1 Å². The summed E-state index contributed by atoms with van der Waals surface area (Å²) in [5.74, 6) is 0.572. The highest BCUT2D eigenvalue weighted by Crippen LogP contribution is 2.18. The average Bonchev–Trinajstić information content (AvgIpc) is 2.77. The number of rotatable bonds is 3. The number of aryl methyl sites for hydroxylation is 1. The Hall–Kier alpha value is -1.29. The number of furan rings is 1. The molecule has 0 radical (unpaired) electrons. The first-order valence-corrected chi connectivity index (χ1v) is 5.28. The van der Waals surface area contributed by atoms with Gasteiger partial charge in [0.15, 0.2) is 5.76 Å². The van der Waals surface area contributed by atoms with Crippen LogP contribution in [0.25, 0.3) is 0 Å². The van der Waals surface area contributed by atoms with Crippen molar-refractivity contribution in [1.82, 2.24) is 4.90 Å². The average molecular weight is 208 g/mol. The molecule has 0 saturated carbocycles. The van der Waals surface area contributed by atoms with Crippen LogP contribution in [0.15, 0.2) is 10.5 Å². The fraction of sp³-hybridized carbons (Fsp3) is 0.545. The fourth-order valence-electron chi connectivity index (χ4n) is 1.98. The SMILES string of the molecule is Cc1oc(C(N)=O)cc1CN1CCCC1. The van der Waals surface area contributed by atoms with Gasteiger partial charge in [0, 0.05) is 12.1 Å².